The highest BCUT2D eigenvalue weighted by molar-refractivity contribution is 5.51. The van der Waals surface area contributed by atoms with E-state index in [2.05, 4.69) is 40.6 Å². The van der Waals surface area contributed by atoms with Crippen LogP contribution in [0.2, 0.25) is 0 Å². The molecule has 0 atom stereocenters. The predicted octanol–water partition coefficient (Wildman–Crippen LogP) is 0.906. The van der Waals surface area contributed by atoms with E-state index in [4.69, 9.17) is 36.1 Å². The lowest BCUT2D eigenvalue weighted by molar-refractivity contribution is 0.173. The summed E-state index contributed by atoms with van der Waals surface area (Å²) in [5, 5.41) is 4.68. The lowest BCUT2D eigenvalue weighted by Crippen LogP contribution is -2.33. The number of hydrogen-bond donors (Lipinski definition) is 5. The van der Waals surface area contributed by atoms with Gasteiger partial charge in [-0.05, 0) is 35.4 Å². The zero-order valence-electron chi connectivity index (χ0n) is 19.8. The maximum Gasteiger partial charge on any atom is 0.251 e. The molecule has 0 radical (unpaired) electrons. The minimum absolute atomic E-state index is 0.00612. The van der Waals surface area contributed by atoms with Gasteiger partial charge in [-0.15, -0.1) is 0 Å². The van der Waals surface area contributed by atoms with Crippen molar-refractivity contribution in [2.45, 2.75) is 13.1 Å². The van der Waals surface area contributed by atoms with E-state index < -0.39 is 0 Å². The first-order valence-corrected chi connectivity index (χ1v) is 11.3. The van der Waals surface area contributed by atoms with Gasteiger partial charge in [0.05, 0.1) is 6.54 Å². The van der Waals surface area contributed by atoms with Gasteiger partial charge in [0, 0.05) is 6.54 Å². The molecule has 8 N–H and O–H groups in total. The van der Waals surface area contributed by atoms with E-state index in [1.165, 1.54) is 0 Å². The van der Waals surface area contributed by atoms with Crippen LogP contribution in [0.3, 0.4) is 0 Å². The Morgan fingerprint density at radius 2 is 1.24 bits per heavy atom. The van der Waals surface area contributed by atoms with Crippen LogP contribution in [0.4, 0.5) is 35.7 Å². The Morgan fingerprint density at radius 1 is 0.658 bits per heavy atom. The van der Waals surface area contributed by atoms with Gasteiger partial charge >= 0.3 is 0 Å². The Kier molecular flexibility index (Phi) is 5.72. The zero-order chi connectivity index (χ0) is 26.1. The van der Waals surface area contributed by atoms with Gasteiger partial charge in [-0.2, -0.15) is 29.9 Å². The topological polar surface area (TPSA) is 220 Å². The van der Waals surface area contributed by atoms with Crippen molar-refractivity contribution in [2.24, 2.45) is 0 Å². The molecule has 4 heterocycles. The monoisotopic (exact) mass is 518 g/mol. The highest BCUT2D eigenvalue weighted by atomic mass is 16.7. The van der Waals surface area contributed by atoms with Crippen LogP contribution in [-0.4, -0.2) is 43.5 Å². The molecule has 2 aliphatic rings. The van der Waals surface area contributed by atoms with Crippen LogP contribution >= 0.6 is 0 Å². The number of rotatable bonds is 8. The van der Waals surface area contributed by atoms with E-state index in [1.54, 1.807) is 5.01 Å². The maximum atomic E-state index is 5.97. The second-order valence-electron chi connectivity index (χ2n) is 8.12. The quantitative estimate of drug-likeness (QED) is 0.204. The molecule has 16 heteroatoms. The van der Waals surface area contributed by atoms with Crippen molar-refractivity contribution >= 4 is 35.7 Å². The van der Waals surface area contributed by atoms with Crippen LogP contribution in [0, 0.1) is 0 Å². The maximum absolute atomic E-state index is 5.97. The molecule has 0 bridgehead atoms. The minimum atomic E-state index is -0.0498. The Labute approximate surface area is 215 Å². The average molecular weight is 518 g/mol. The van der Waals surface area contributed by atoms with Gasteiger partial charge in [0.15, 0.2) is 23.0 Å². The highest BCUT2D eigenvalue weighted by Gasteiger charge is 2.19. The Morgan fingerprint density at radius 3 is 1.95 bits per heavy atom. The van der Waals surface area contributed by atoms with Crippen molar-refractivity contribution in [3.05, 3.63) is 47.5 Å². The normalized spacial score (nSPS) is 12.8. The van der Waals surface area contributed by atoms with Gasteiger partial charge < -0.3 is 41.5 Å². The average Bonchev–Trinajstić information content (AvgIpc) is 3.55. The van der Waals surface area contributed by atoms with Gasteiger partial charge in [-0.1, -0.05) is 12.1 Å². The SMILES string of the molecule is Nc1nc(NCc2ccc3c(c2)OCO3)nc(NN(Cc2ccc3c(c2)OCO3)c2nc(N)nc(N)n2)n1. The van der Waals surface area contributed by atoms with Crippen LogP contribution in [0.25, 0.3) is 0 Å². The summed E-state index contributed by atoms with van der Waals surface area (Å²) in [6.45, 7) is 1.01. The van der Waals surface area contributed by atoms with Crippen molar-refractivity contribution in [3.8, 4) is 23.0 Å². The van der Waals surface area contributed by atoms with Crippen LogP contribution < -0.4 is 51.9 Å². The van der Waals surface area contributed by atoms with E-state index in [0.29, 0.717) is 29.5 Å². The third kappa shape index (κ3) is 4.90. The second-order valence-corrected chi connectivity index (χ2v) is 8.12. The molecule has 2 aromatic heterocycles. The number of hydrazine groups is 1. The fraction of sp³-hybridized carbons (Fsp3) is 0.182. The van der Waals surface area contributed by atoms with Crippen LogP contribution in [0.5, 0.6) is 23.0 Å². The van der Waals surface area contributed by atoms with Crippen molar-refractivity contribution < 1.29 is 18.9 Å². The standard InChI is InChI=1S/C22H22N12O4/c23-17-27-18(24)31-22(30-17)34(8-12-2-4-14-16(6-12)38-10-36-14)33-21-29-19(25)28-20(32-21)26-7-11-1-3-13-15(5-11)37-9-35-13/h1-6H,7-10H2,(H4,23,24,27,30,31)(H4,25,26,28,29,32,33). The molecule has 0 saturated heterocycles. The fourth-order valence-electron chi connectivity index (χ4n) is 3.77. The number of anilines is 6. The zero-order valence-corrected chi connectivity index (χ0v) is 19.8. The smallest absolute Gasteiger partial charge is 0.251 e. The van der Waals surface area contributed by atoms with E-state index >= 15 is 0 Å². The molecular formula is C22H22N12O4. The number of nitrogen functional groups attached to an aromatic ring is 3. The van der Waals surface area contributed by atoms with Crippen molar-refractivity contribution in [1.82, 2.24) is 29.9 Å². The first-order valence-electron chi connectivity index (χ1n) is 11.3. The lowest BCUT2D eigenvalue weighted by Gasteiger charge is -2.23. The lowest BCUT2D eigenvalue weighted by atomic mass is 10.2. The summed E-state index contributed by atoms with van der Waals surface area (Å²) in [7, 11) is 0. The summed E-state index contributed by atoms with van der Waals surface area (Å²) >= 11 is 0. The van der Waals surface area contributed by atoms with Crippen molar-refractivity contribution in [3.63, 3.8) is 0 Å². The molecule has 0 spiro atoms. The summed E-state index contributed by atoms with van der Waals surface area (Å²) in [5.41, 5.74) is 22.4. The summed E-state index contributed by atoms with van der Waals surface area (Å²) < 4.78 is 21.7. The summed E-state index contributed by atoms with van der Waals surface area (Å²) in [6.07, 6.45) is 0. The largest absolute Gasteiger partial charge is 0.454 e. The van der Waals surface area contributed by atoms with E-state index in [9.17, 15) is 0 Å². The minimum Gasteiger partial charge on any atom is -0.454 e. The van der Waals surface area contributed by atoms with E-state index in [1.807, 2.05) is 36.4 Å². The summed E-state index contributed by atoms with van der Waals surface area (Å²) in [6, 6.07) is 11.1. The molecule has 0 aliphatic carbocycles. The molecular weight excluding hydrogens is 496 g/mol. The molecule has 4 aromatic rings. The Balaban J connectivity index is 1.24. The molecule has 2 aromatic carbocycles. The third-order valence-electron chi connectivity index (χ3n) is 5.45. The fourth-order valence-corrected chi connectivity index (χ4v) is 3.77. The third-order valence-corrected chi connectivity index (χ3v) is 5.45. The Bertz CT molecular complexity index is 1480. The molecule has 194 valence electrons. The molecule has 16 nitrogen and oxygen atoms in total. The molecule has 0 amide bonds. The number of ether oxygens (including phenoxy) is 4. The van der Waals surface area contributed by atoms with E-state index in [-0.39, 0.29) is 55.8 Å². The second kappa shape index (κ2) is 9.49. The van der Waals surface area contributed by atoms with Gasteiger partial charge in [0.1, 0.15) is 0 Å². The molecule has 2 aliphatic heterocycles. The number of fused-ring (bicyclic) bond motifs is 2. The number of hydrogen-bond acceptors (Lipinski definition) is 16. The van der Waals surface area contributed by atoms with Crippen LogP contribution in [-0.2, 0) is 13.1 Å². The summed E-state index contributed by atoms with van der Waals surface area (Å²) in [4.78, 5) is 25.0. The highest BCUT2D eigenvalue weighted by Crippen LogP contribution is 2.34. The van der Waals surface area contributed by atoms with Crippen molar-refractivity contribution in [1.29, 1.82) is 0 Å². The van der Waals surface area contributed by atoms with Crippen molar-refractivity contribution in [2.75, 3.05) is 46.5 Å². The van der Waals surface area contributed by atoms with Gasteiger partial charge in [0.25, 0.3) is 5.95 Å². The Hall–Kier alpha value is -5.54. The van der Waals surface area contributed by atoms with E-state index in [0.717, 1.165) is 11.1 Å². The van der Waals surface area contributed by atoms with Gasteiger partial charge in [-0.25, -0.2) is 5.01 Å². The van der Waals surface area contributed by atoms with Gasteiger partial charge in [-0.3, -0.25) is 5.43 Å². The molecule has 0 saturated carbocycles. The van der Waals surface area contributed by atoms with Gasteiger partial charge in [0.2, 0.25) is 43.3 Å². The first kappa shape index (κ1) is 22.9. The predicted molar refractivity (Wildman–Crippen MR) is 135 cm³/mol. The first-order chi connectivity index (χ1) is 18.5. The number of nitrogens with one attached hydrogen (secondary N) is 2. The number of nitrogens with two attached hydrogens (primary N) is 3. The number of aromatic nitrogens is 6. The number of benzene rings is 2. The molecule has 38 heavy (non-hydrogen) atoms. The summed E-state index contributed by atoms with van der Waals surface area (Å²) in [5.74, 6) is 3.07. The molecule has 0 fully saturated rings. The van der Waals surface area contributed by atoms with Crippen LogP contribution in [0.15, 0.2) is 36.4 Å². The molecule has 6 rings (SSSR count). The van der Waals surface area contributed by atoms with Crippen LogP contribution in [0.1, 0.15) is 11.1 Å². The molecule has 0 unspecified atom stereocenters. The number of nitrogens with zero attached hydrogens (tertiary/aromatic N) is 7.